The van der Waals surface area contributed by atoms with Crippen LogP contribution in [0, 0.1) is 12.7 Å². The lowest BCUT2D eigenvalue weighted by molar-refractivity contribution is -0.123. The SMILES string of the molecule is CSc1ccc(OCC(=O)NCc2ccc(C)c(F)c2)cc1. The van der Waals surface area contributed by atoms with E-state index in [0.29, 0.717) is 11.3 Å². The second kappa shape index (κ2) is 7.84. The summed E-state index contributed by atoms with van der Waals surface area (Å²) in [6.07, 6.45) is 2.00. The molecule has 5 heteroatoms. The molecule has 0 heterocycles. The van der Waals surface area contributed by atoms with Gasteiger partial charge >= 0.3 is 0 Å². The van der Waals surface area contributed by atoms with Crippen LogP contribution in [-0.4, -0.2) is 18.8 Å². The van der Waals surface area contributed by atoms with Crippen molar-refractivity contribution >= 4 is 17.7 Å². The van der Waals surface area contributed by atoms with Crippen molar-refractivity contribution < 1.29 is 13.9 Å². The Hall–Kier alpha value is -2.01. The highest BCUT2D eigenvalue weighted by molar-refractivity contribution is 7.98. The fourth-order valence-corrected chi connectivity index (χ4v) is 2.23. The molecule has 0 unspecified atom stereocenters. The lowest BCUT2D eigenvalue weighted by Gasteiger charge is -2.08. The van der Waals surface area contributed by atoms with Gasteiger partial charge in [-0.1, -0.05) is 12.1 Å². The molecule has 0 aromatic heterocycles. The molecule has 1 amide bonds. The molecule has 2 rings (SSSR count). The number of thioether (sulfide) groups is 1. The number of halogens is 1. The Labute approximate surface area is 133 Å². The van der Waals surface area contributed by atoms with Crippen LogP contribution in [0.3, 0.4) is 0 Å². The molecule has 0 radical (unpaired) electrons. The van der Waals surface area contributed by atoms with E-state index in [1.807, 2.05) is 30.5 Å². The summed E-state index contributed by atoms with van der Waals surface area (Å²) in [6, 6.07) is 12.4. The second-order valence-electron chi connectivity index (χ2n) is 4.82. The molecular weight excluding hydrogens is 301 g/mol. The van der Waals surface area contributed by atoms with Crippen molar-refractivity contribution in [2.45, 2.75) is 18.4 Å². The normalized spacial score (nSPS) is 10.3. The lowest BCUT2D eigenvalue weighted by atomic mass is 10.1. The van der Waals surface area contributed by atoms with Crippen LogP contribution in [0.1, 0.15) is 11.1 Å². The van der Waals surface area contributed by atoms with Crippen molar-refractivity contribution in [2.75, 3.05) is 12.9 Å². The van der Waals surface area contributed by atoms with Gasteiger partial charge in [-0.3, -0.25) is 4.79 Å². The van der Waals surface area contributed by atoms with Gasteiger partial charge in [-0.05, 0) is 54.6 Å². The van der Waals surface area contributed by atoms with Crippen LogP contribution >= 0.6 is 11.8 Å². The number of nitrogens with one attached hydrogen (secondary N) is 1. The monoisotopic (exact) mass is 319 g/mol. The predicted octanol–water partition coefficient (Wildman–Crippen LogP) is 3.55. The Balaban J connectivity index is 1.78. The van der Waals surface area contributed by atoms with Gasteiger partial charge in [-0.15, -0.1) is 11.8 Å². The van der Waals surface area contributed by atoms with Gasteiger partial charge in [0.25, 0.3) is 5.91 Å². The summed E-state index contributed by atoms with van der Waals surface area (Å²) in [5.74, 6) is 0.140. The largest absolute Gasteiger partial charge is 0.484 e. The van der Waals surface area contributed by atoms with E-state index < -0.39 is 0 Å². The third-order valence-corrected chi connectivity index (χ3v) is 3.90. The highest BCUT2D eigenvalue weighted by Crippen LogP contribution is 2.18. The van der Waals surface area contributed by atoms with Crippen molar-refractivity contribution in [3.8, 4) is 5.75 Å². The van der Waals surface area contributed by atoms with Crippen molar-refractivity contribution in [3.63, 3.8) is 0 Å². The van der Waals surface area contributed by atoms with Gasteiger partial charge in [0.1, 0.15) is 11.6 Å². The van der Waals surface area contributed by atoms with E-state index >= 15 is 0 Å². The molecule has 2 aromatic rings. The Morgan fingerprint density at radius 3 is 2.59 bits per heavy atom. The molecule has 0 aliphatic carbocycles. The fraction of sp³-hybridized carbons (Fsp3) is 0.235. The van der Waals surface area contributed by atoms with Crippen LogP contribution < -0.4 is 10.1 Å². The molecule has 0 fully saturated rings. The number of carbonyl (C=O) groups is 1. The number of ether oxygens (including phenoxy) is 1. The third-order valence-electron chi connectivity index (χ3n) is 3.16. The minimum Gasteiger partial charge on any atom is -0.484 e. The summed E-state index contributed by atoms with van der Waals surface area (Å²) in [7, 11) is 0. The number of amides is 1. The maximum absolute atomic E-state index is 13.4. The number of hydrogen-bond donors (Lipinski definition) is 1. The maximum atomic E-state index is 13.4. The Morgan fingerprint density at radius 2 is 1.95 bits per heavy atom. The molecule has 116 valence electrons. The minimum atomic E-state index is -0.267. The van der Waals surface area contributed by atoms with E-state index in [9.17, 15) is 9.18 Å². The number of benzene rings is 2. The molecular formula is C17H18FNO2S. The van der Waals surface area contributed by atoms with Crippen molar-refractivity contribution in [3.05, 3.63) is 59.4 Å². The first-order chi connectivity index (χ1) is 10.6. The maximum Gasteiger partial charge on any atom is 0.258 e. The van der Waals surface area contributed by atoms with Crippen LogP contribution in [0.2, 0.25) is 0 Å². The number of hydrogen-bond acceptors (Lipinski definition) is 3. The number of rotatable bonds is 6. The van der Waals surface area contributed by atoms with E-state index in [0.717, 1.165) is 10.5 Å². The van der Waals surface area contributed by atoms with Crippen molar-refractivity contribution in [1.29, 1.82) is 0 Å². The van der Waals surface area contributed by atoms with Crippen molar-refractivity contribution in [2.24, 2.45) is 0 Å². The lowest BCUT2D eigenvalue weighted by Crippen LogP contribution is -2.28. The molecule has 0 bridgehead atoms. The Bertz CT molecular complexity index is 644. The van der Waals surface area contributed by atoms with Crippen LogP contribution in [-0.2, 0) is 11.3 Å². The zero-order valence-electron chi connectivity index (χ0n) is 12.6. The van der Waals surface area contributed by atoms with Gasteiger partial charge in [0, 0.05) is 11.4 Å². The van der Waals surface area contributed by atoms with Gasteiger partial charge < -0.3 is 10.1 Å². The standard InChI is InChI=1S/C17H18FNO2S/c1-12-3-4-13(9-16(12)18)10-19-17(20)11-21-14-5-7-15(22-2)8-6-14/h3-9H,10-11H2,1-2H3,(H,19,20). The highest BCUT2D eigenvalue weighted by atomic mass is 32.2. The summed E-state index contributed by atoms with van der Waals surface area (Å²) >= 11 is 1.64. The second-order valence-corrected chi connectivity index (χ2v) is 5.70. The molecule has 0 atom stereocenters. The first-order valence-corrected chi connectivity index (χ1v) is 8.09. The first-order valence-electron chi connectivity index (χ1n) is 6.87. The molecule has 0 spiro atoms. The molecule has 0 aliphatic rings. The molecule has 3 nitrogen and oxygen atoms in total. The summed E-state index contributed by atoms with van der Waals surface area (Å²) < 4.78 is 18.8. The summed E-state index contributed by atoms with van der Waals surface area (Å²) in [5, 5.41) is 2.70. The highest BCUT2D eigenvalue weighted by Gasteiger charge is 2.04. The van der Waals surface area contributed by atoms with Gasteiger partial charge in [0.15, 0.2) is 6.61 Å². The van der Waals surface area contributed by atoms with Gasteiger partial charge in [-0.2, -0.15) is 0 Å². The molecule has 0 aliphatic heterocycles. The Morgan fingerprint density at radius 1 is 1.23 bits per heavy atom. The van der Waals surface area contributed by atoms with E-state index in [2.05, 4.69) is 5.32 Å². The van der Waals surface area contributed by atoms with Gasteiger partial charge in [-0.25, -0.2) is 4.39 Å². The molecule has 1 N–H and O–H groups in total. The number of aryl methyl sites for hydroxylation is 1. The van der Waals surface area contributed by atoms with Crippen molar-refractivity contribution in [1.82, 2.24) is 5.32 Å². The number of carbonyl (C=O) groups excluding carboxylic acids is 1. The van der Waals surface area contributed by atoms with Gasteiger partial charge in [0.05, 0.1) is 0 Å². The quantitative estimate of drug-likeness (QED) is 0.828. The Kier molecular flexibility index (Phi) is 5.83. The zero-order valence-corrected chi connectivity index (χ0v) is 13.4. The zero-order chi connectivity index (χ0) is 15.9. The smallest absolute Gasteiger partial charge is 0.258 e. The van der Waals surface area contributed by atoms with E-state index in [-0.39, 0.29) is 24.9 Å². The molecule has 2 aromatic carbocycles. The first kappa shape index (κ1) is 16.4. The van der Waals surface area contributed by atoms with Crippen LogP contribution in [0.5, 0.6) is 5.75 Å². The van der Waals surface area contributed by atoms with Crippen LogP contribution in [0.15, 0.2) is 47.4 Å². The topological polar surface area (TPSA) is 38.3 Å². The van der Waals surface area contributed by atoms with Crippen LogP contribution in [0.4, 0.5) is 4.39 Å². The molecule has 0 saturated heterocycles. The average molecular weight is 319 g/mol. The van der Waals surface area contributed by atoms with E-state index in [1.165, 1.54) is 6.07 Å². The summed E-state index contributed by atoms with van der Waals surface area (Å²) in [6.45, 7) is 1.92. The predicted molar refractivity (Wildman–Crippen MR) is 86.7 cm³/mol. The fourth-order valence-electron chi connectivity index (χ4n) is 1.82. The van der Waals surface area contributed by atoms with Crippen LogP contribution in [0.25, 0.3) is 0 Å². The minimum absolute atomic E-state index is 0.0625. The van der Waals surface area contributed by atoms with E-state index in [1.54, 1.807) is 30.8 Å². The van der Waals surface area contributed by atoms with Gasteiger partial charge in [0.2, 0.25) is 0 Å². The summed E-state index contributed by atoms with van der Waals surface area (Å²) in [5.41, 5.74) is 1.31. The van der Waals surface area contributed by atoms with E-state index in [4.69, 9.17) is 4.74 Å². The third kappa shape index (κ3) is 4.77. The molecule has 0 saturated carbocycles. The summed E-state index contributed by atoms with van der Waals surface area (Å²) in [4.78, 5) is 12.9. The average Bonchev–Trinajstić information content (AvgIpc) is 2.54. The molecule has 22 heavy (non-hydrogen) atoms.